The maximum atomic E-state index is 12.4. The lowest BCUT2D eigenvalue weighted by Gasteiger charge is -2.36. The van der Waals surface area contributed by atoms with Gasteiger partial charge in [-0.15, -0.1) is 0 Å². The van der Waals surface area contributed by atoms with Crippen LogP contribution in [-0.2, 0) is 13.5 Å². The molecule has 1 aliphatic rings. The van der Waals surface area contributed by atoms with Crippen LogP contribution in [0.4, 0.5) is 24.7 Å². The summed E-state index contributed by atoms with van der Waals surface area (Å²) in [5.41, 5.74) is 7.66. The highest BCUT2D eigenvalue weighted by Crippen LogP contribution is 2.28. The van der Waals surface area contributed by atoms with Gasteiger partial charge < -0.3 is 10.6 Å². The molecule has 0 aliphatic carbocycles. The molecule has 0 spiro atoms. The zero-order valence-corrected chi connectivity index (χ0v) is 12.4. The summed E-state index contributed by atoms with van der Waals surface area (Å²) in [4.78, 5) is 3.45. The number of aryl methyl sites for hydroxylation is 2. The van der Waals surface area contributed by atoms with E-state index >= 15 is 0 Å². The highest BCUT2D eigenvalue weighted by molar-refractivity contribution is 5.66. The van der Waals surface area contributed by atoms with Crippen molar-refractivity contribution in [1.82, 2.24) is 14.7 Å². The van der Waals surface area contributed by atoms with Crippen molar-refractivity contribution in [2.75, 3.05) is 43.4 Å². The summed E-state index contributed by atoms with van der Waals surface area (Å²) in [6, 6.07) is 0. The van der Waals surface area contributed by atoms with E-state index in [1.54, 1.807) is 4.68 Å². The molecule has 0 unspecified atom stereocenters. The minimum Gasteiger partial charge on any atom is -0.394 e. The number of halogens is 3. The van der Waals surface area contributed by atoms with Crippen LogP contribution in [0.15, 0.2) is 0 Å². The Hall–Kier alpha value is -1.44. The molecule has 1 saturated heterocycles. The molecule has 1 fully saturated rings. The van der Waals surface area contributed by atoms with Crippen molar-refractivity contribution >= 4 is 11.5 Å². The molecule has 0 saturated carbocycles. The lowest BCUT2D eigenvalue weighted by Crippen LogP contribution is -2.49. The Kier molecular flexibility index (Phi) is 4.65. The van der Waals surface area contributed by atoms with E-state index in [4.69, 9.17) is 5.73 Å². The minimum atomic E-state index is -4.14. The Morgan fingerprint density at radius 2 is 1.81 bits per heavy atom. The van der Waals surface area contributed by atoms with E-state index in [-0.39, 0.29) is 0 Å². The van der Waals surface area contributed by atoms with Crippen LogP contribution in [0.25, 0.3) is 0 Å². The average Bonchev–Trinajstić information content (AvgIpc) is 2.65. The first-order chi connectivity index (χ1) is 9.81. The molecule has 8 heteroatoms. The summed E-state index contributed by atoms with van der Waals surface area (Å²) >= 11 is 0. The molecule has 0 aromatic carbocycles. The molecule has 120 valence electrons. The van der Waals surface area contributed by atoms with Crippen molar-refractivity contribution in [1.29, 1.82) is 0 Å². The third-order valence-electron chi connectivity index (χ3n) is 3.69. The smallest absolute Gasteiger partial charge is 0.394 e. The van der Waals surface area contributed by atoms with Gasteiger partial charge >= 0.3 is 6.18 Å². The van der Waals surface area contributed by atoms with Gasteiger partial charge in [0.2, 0.25) is 0 Å². The van der Waals surface area contributed by atoms with Crippen LogP contribution in [0.2, 0.25) is 0 Å². The van der Waals surface area contributed by atoms with Gasteiger partial charge in [0.1, 0.15) is 5.82 Å². The van der Waals surface area contributed by atoms with Crippen molar-refractivity contribution in [3.05, 3.63) is 5.69 Å². The fourth-order valence-electron chi connectivity index (χ4n) is 2.75. The largest absolute Gasteiger partial charge is 0.401 e. The van der Waals surface area contributed by atoms with Crippen LogP contribution in [0.3, 0.4) is 0 Å². The molecule has 0 amide bonds. The van der Waals surface area contributed by atoms with Gasteiger partial charge in [-0.25, -0.2) is 0 Å². The maximum Gasteiger partial charge on any atom is 0.401 e. The zero-order valence-electron chi connectivity index (χ0n) is 12.4. The fraction of sp³-hybridized carbons (Fsp3) is 0.769. The van der Waals surface area contributed by atoms with Gasteiger partial charge in [0.15, 0.2) is 0 Å². The standard InChI is InChI=1S/C13H22F3N5/c1-3-4-10-11(17)12(19(2)18-10)21-7-5-20(6-8-21)9-13(14,15)16/h3-9,17H2,1-2H3. The van der Waals surface area contributed by atoms with E-state index < -0.39 is 12.7 Å². The van der Waals surface area contributed by atoms with Crippen molar-refractivity contribution in [2.45, 2.75) is 25.9 Å². The number of nitrogens with two attached hydrogens (primary N) is 1. The number of rotatable bonds is 4. The highest BCUT2D eigenvalue weighted by atomic mass is 19.4. The quantitative estimate of drug-likeness (QED) is 0.919. The van der Waals surface area contributed by atoms with Crippen LogP contribution >= 0.6 is 0 Å². The van der Waals surface area contributed by atoms with E-state index in [1.807, 2.05) is 11.9 Å². The summed E-state index contributed by atoms with van der Waals surface area (Å²) in [6.45, 7) is 3.05. The second-order valence-corrected chi connectivity index (χ2v) is 5.44. The Balaban J connectivity index is 2.02. The second kappa shape index (κ2) is 6.13. The molecule has 2 N–H and O–H groups in total. The van der Waals surface area contributed by atoms with Gasteiger partial charge in [0.25, 0.3) is 0 Å². The fourth-order valence-corrected chi connectivity index (χ4v) is 2.75. The molecule has 0 bridgehead atoms. The van der Waals surface area contributed by atoms with E-state index in [0.717, 1.165) is 24.4 Å². The molecular formula is C13H22F3N5. The second-order valence-electron chi connectivity index (χ2n) is 5.44. The molecule has 1 aromatic heterocycles. The average molecular weight is 305 g/mol. The lowest BCUT2D eigenvalue weighted by atomic mass is 10.2. The highest BCUT2D eigenvalue weighted by Gasteiger charge is 2.33. The number of hydrogen-bond donors (Lipinski definition) is 1. The van der Waals surface area contributed by atoms with Crippen molar-refractivity contribution < 1.29 is 13.2 Å². The van der Waals surface area contributed by atoms with Crippen LogP contribution in [0.5, 0.6) is 0 Å². The molecular weight excluding hydrogens is 283 g/mol. The number of piperazine rings is 1. The van der Waals surface area contributed by atoms with Crippen LogP contribution in [0.1, 0.15) is 19.0 Å². The molecule has 2 rings (SSSR count). The van der Waals surface area contributed by atoms with E-state index in [0.29, 0.717) is 31.9 Å². The van der Waals surface area contributed by atoms with Gasteiger partial charge in [-0.1, -0.05) is 13.3 Å². The number of nitrogens with zero attached hydrogens (tertiary/aromatic N) is 4. The number of nitrogen functional groups attached to an aromatic ring is 1. The van der Waals surface area contributed by atoms with Gasteiger partial charge in [-0.2, -0.15) is 18.3 Å². The molecule has 1 aliphatic heterocycles. The third-order valence-corrected chi connectivity index (χ3v) is 3.69. The number of hydrogen-bond acceptors (Lipinski definition) is 4. The van der Waals surface area contributed by atoms with Crippen molar-refractivity contribution in [3.63, 3.8) is 0 Å². The van der Waals surface area contributed by atoms with Crippen molar-refractivity contribution in [3.8, 4) is 0 Å². The van der Waals surface area contributed by atoms with E-state index in [1.165, 1.54) is 4.90 Å². The van der Waals surface area contributed by atoms with Crippen LogP contribution in [0, 0.1) is 0 Å². The number of aromatic nitrogens is 2. The normalized spacial score (nSPS) is 17.5. The Morgan fingerprint density at radius 1 is 1.19 bits per heavy atom. The Morgan fingerprint density at radius 3 is 2.33 bits per heavy atom. The topological polar surface area (TPSA) is 50.3 Å². The van der Waals surface area contributed by atoms with Crippen molar-refractivity contribution in [2.24, 2.45) is 7.05 Å². The summed E-state index contributed by atoms with van der Waals surface area (Å²) in [7, 11) is 1.83. The molecule has 21 heavy (non-hydrogen) atoms. The first-order valence-electron chi connectivity index (χ1n) is 7.17. The summed E-state index contributed by atoms with van der Waals surface area (Å²) in [5.74, 6) is 0.824. The van der Waals surface area contributed by atoms with E-state index in [2.05, 4.69) is 12.0 Å². The number of alkyl halides is 3. The maximum absolute atomic E-state index is 12.4. The third kappa shape index (κ3) is 3.81. The molecule has 2 heterocycles. The SMILES string of the molecule is CCCc1nn(C)c(N2CCN(CC(F)(F)F)CC2)c1N. The molecule has 1 aromatic rings. The van der Waals surface area contributed by atoms with Gasteiger partial charge in [0.05, 0.1) is 17.9 Å². The molecule has 0 radical (unpaired) electrons. The first kappa shape index (κ1) is 15.9. The summed E-state index contributed by atoms with van der Waals surface area (Å²) < 4.78 is 38.9. The summed E-state index contributed by atoms with van der Waals surface area (Å²) in [5, 5.41) is 4.41. The van der Waals surface area contributed by atoms with Gasteiger partial charge in [-0.3, -0.25) is 9.58 Å². The Bertz CT molecular complexity index is 475. The molecule has 0 atom stereocenters. The number of anilines is 2. The predicted molar refractivity (Wildman–Crippen MR) is 76.3 cm³/mol. The monoisotopic (exact) mass is 305 g/mol. The van der Waals surface area contributed by atoms with E-state index in [9.17, 15) is 13.2 Å². The van der Waals surface area contributed by atoms with Gasteiger partial charge in [-0.05, 0) is 6.42 Å². The molecule has 5 nitrogen and oxygen atoms in total. The first-order valence-corrected chi connectivity index (χ1v) is 7.17. The predicted octanol–water partition coefficient (Wildman–Crippen LogP) is 1.64. The zero-order chi connectivity index (χ0) is 15.6. The van der Waals surface area contributed by atoms with Crippen LogP contribution < -0.4 is 10.6 Å². The van der Waals surface area contributed by atoms with Crippen LogP contribution in [-0.4, -0.2) is 53.6 Å². The lowest BCUT2D eigenvalue weighted by molar-refractivity contribution is -0.146. The Labute approximate surface area is 122 Å². The minimum absolute atomic E-state index is 0.382. The summed E-state index contributed by atoms with van der Waals surface area (Å²) in [6.07, 6.45) is -2.37. The van der Waals surface area contributed by atoms with Gasteiger partial charge in [0, 0.05) is 33.2 Å².